The number of benzene rings is 2. The summed E-state index contributed by atoms with van der Waals surface area (Å²) in [6.45, 7) is 0.365. The van der Waals surface area contributed by atoms with Crippen LogP contribution in [0.2, 0.25) is 0 Å². The maximum absolute atomic E-state index is 12.0. The van der Waals surface area contributed by atoms with Crippen LogP contribution in [0.25, 0.3) is 5.57 Å². The highest BCUT2D eigenvalue weighted by Gasteiger charge is 2.17. The van der Waals surface area contributed by atoms with Gasteiger partial charge < -0.3 is 15.4 Å². The van der Waals surface area contributed by atoms with Crippen molar-refractivity contribution >= 4 is 28.6 Å². The second kappa shape index (κ2) is 9.61. The molecule has 2 aromatic carbocycles. The average Bonchev–Trinajstić information content (AvgIpc) is 3.33. The van der Waals surface area contributed by atoms with Crippen LogP contribution in [0.15, 0.2) is 48.7 Å². The van der Waals surface area contributed by atoms with Crippen LogP contribution < -0.4 is 10.6 Å². The molecule has 0 spiro atoms. The van der Waals surface area contributed by atoms with Gasteiger partial charge in [0.25, 0.3) is 5.69 Å². The fourth-order valence-electron chi connectivity index (χ4n) is 2.57. The quantitative estimate of drug-likeness (QED) is 0.213. The molecule has 3 N–H and O–H groups in total. The number of methoxy groups -OCH3 is 1. The zero-order valence-corrected chi connectivity index (χ0v) is 16.2. The number of hydrogen-bond donors (Lipinski definition) is 3. The van der Waals surface area contributed by atoms with Crippen molar-refractivity contribution in [3.8, 4) is 6.07 Å². The number of aromatic amines is 1. The van der Waals surface area contributed by atoms with Crippen LogP contribution in [0.1, 0.15) is 21.7 Å². The lowest BCUT2D eigenvalue weighted by Gasteiger charge is -2.11. The van der Waals surface area contributed by atoms with Crippen LogP contribution >= 0.6 is 0 Å². The Morgan fingerprint density at radius 3 is 2.71 bits per heavy atom. The minimum Gasteiger partial charge on any atom is -0.465 e. The summed E-state index contributed by atoms with van der Waals surface area (Å²) in [6.07, 6.45) is 1.47. The number of esters is 1. The molecule has 0 bridgehead atoms. The summed E-state index contributed by atoms with van der Waals surface area (Å²) in [4.78, 5) is 22.4. The molecule has 31 heavy (non-hydrogen) atoms. The van der Waals surface area contributed by atoms with Crippen molar-refractivity contribution < 1.29 is 14.5 Å². The molecular weight excluding hydrogens is 404 g/mol. The Bertz CT molecular complexity index is 1150. The number of H-pyrrole nitrogens is 1. The zero-order chi connectivity index (χ0) is 22.2. The summed E-state index contributed by atoms with van der Waals surface area (Å²) in [6, 6.07) is 13.2. The highest BCUT2D eigenvalue weighted by Crippen LogP contribution is 2.24. The Morgan fingerprint density at radius 1 is 1.32 bits per heavy atom. The lowest BCUT2D eigenvalue weighted by Crippen LogP contribution is -2.09. The van der Waals surface area contributed by atoms with Gasteiger partial charge in [-0.25, -0.2) is 4.79 Å². The number of rotatable bonds is 8. The number of allylic oxidation sites excluding steroid dienone is 1. The first kappa shape index (κ1) is 20.9. The molecule has 0 saturated heterocycles. The molecule has 0 atom stereocenters. The Balaban J connectivity index is 1.67. The van der Waals surface area contributed by atoms with E-state index < -0.39 is 10.9 Å². The van der Waals surface area contributed by atoms with Crippen molar-refractivity contribution in [2.24, 2.45) is 0 Å². The first-order chi connectivity index (χ1) is 15.0. The van der Waals surface area contributed by atoms with Gasteiger partial charge in [0.2, 0.25) is 5.82 Å². The number of nitrogens with one attached hydrogen (secondary N) is 3. The first-order valence-electron chi connectivity index (χ1n) is 8.82. The molecule has 0 amide bonds. The fourth-order valence-corrected chi connectivity index (χ4v) is 2.57. The molecule has 12 nitrogen and oxygen atoms in total. The third-order valence-corrected chi connectivity index (χ3v) is 4.15. The first-order valence-corrected chi connectivity index (χ1v) is 8.82. The summed E-state index contributed by atoms with van der Waals surface area (Å²) in [5.74, 6) is -0.493. The van der Waals surface area contributed by atoms with Gasteiger partial charge in [-0.2, -0.15) is 10.5 Å². The molecule has 156 valence electrons. The van der Waals surface area contributed by atoms with E-state index in [1.54, 1.807) is 12.1 Å². The standard InChI is InChI=1S/C19H16N8O4/c1-31-19(28)16-8-15(27(29)30)6-7-17(16)22-10-12-2-4-14(5-3-12)21-11-13(9-20)18-23-25-26-24-18/h2-8,11,21-22H,10H2,1H3,(H,23,24,25,26). The molecule has 0 aliphatic carbocycles. The number of ether oxygens (including phenoxy) is 1. The molecule has 1 heterocycles. The summed E-state index contributed by atoms with van der Waals surface area (Å²) in [7, 11) is 1.21. The number of anilines is 2. The van der Waals surface area contributed by atoms with Gasteiger partial charge in [-0.3, -0.25) is 10.1 Å². The van der Waals surface area contributed by atoms with Crippen molar-refractivity contribution in [3.05, 3.63) is 75.7 Å². The Hall–Kier alpha value is -4.79. The lowest BCUT2D eigenvalue weighted by molar-refractivity contribution is -0.384. The molecule has 0 aliphatic heterocycles. The molecule has 0 saturated carbocycles. The summed E-state index contributed by atoms with van der Waals surface area (Å²) in [5.41, 5.74) is 2.12. The van der Waals surface area contributed by atoms with Crippen molar-refractivity contribution in [1.82, 2.24) is 20.6 Å². The fraction of sp³-hybridized carbons (Fsp3) is 0.105. The van der Waals surface area contributed by atoms with Gasteiger partial charge in [-0.15, -0.1) is 10.2 Å². The third-order valence-electron chi connectivity index (χ3n) is 4.15. The predicted octanol–water partition coefficient (Wildman–Crippen LogP) is 2.48. The van der Waals surface area contributed by atoms with E-state index >= 15 is 0 Å². The maximum Gasteiger partial charge on any atom is 0.340 e. The van der Waals surface area contributed by atoms with Gasteiger partial charge in [-0.05, 0) is 29.0 Å². The van der Waals surface area contributed by atoms with E-state index in [1.165, 1.54) is 31.5 Å². The van der Waals surface area contributed by atoms with Crippen LogP contribution in [-0.4, -0.2) is 38.6 Å². The number of hydrogen-bond acceptors (Lipinski definition) is 10. The number of non-ortho nitro benzene ring substituents is 1. The number of tetrazole rings is 1. The number of nitrogens with zero attached hydrogens (tertiary/aromatic N) is 5. The van der Waals surface area contributed by atoms with Crippen LogP contribution in [-0.2, 0) is 11.3 Å². The Labute approximate surface area is 175 Å². The Kier molecular flexibility index (Phi) is 6.49. The van der Waals surface area contributed by atoms with E-state index in [9.17, 15) is 14.9 Å². The number of nitro groups is 1. The van der Waals surface area contributed by atoms with Crippen LogP contribution in [0.3, 0.4) is 0 Å². The van der Waals surface area contributed by atoms with Crippen molar-refractivity contribution in [2.75, 3.05) is 17.7 Å². The van der Waals surface area contributed by atoms with E-state index in [2.05, 4.69) is 31.3 Å². The third kappa shape index (κ3) is 5.18. The molecule has 3 rings (SSSR count). The highest BCUT2D eigenvalue weighted by atomic mass is 16.6. The number of carbonyl (C=O) groups excluding carboxylic acids is 1. The van der Waals surface area contributed by atoms with Crippen LogP contribution in [0.5, 0.6) is 0 Å². The van der Waals surface area contributed by atoms with Gasteiger partial charge in [0.15, 0.2) is 0 Å². The average molecular weight is 420 g/mol. The summed E-state index contributed by atoms with van der Waals surface area (Å²) < 4.78 is 4.71. The van der Waals surface area contributed by atoms with Crippen molar-refractivity contribution in [3.63, 3.8) is 0 Å². The highest BCUT2D eigenvalue weighted by molar-refractivity contribution is 5.96. The number of nitriles is 1. The molecule has 0 aliphatic rings. The Morgan fingerprint density at radius 2 is 2.10 bits per heavy atom. The molecule has 0 unspecified atom stereocenters. The molecule has 12 heteroatoms. The second-order valence-corrected chi connectivity index (χ2v) is 6.08. The van der Waals surface area contributed by atoms with Gasteiger partial charge in [0, 0.05) is 36.3 Å². The van der Waals surface area contributed by atoms with Gasteiger partial charge in [0.1, 0.15) is 11.6 Å². The van der Waals surface area contributed by atoms with Crippen LogP contribution in [0, 0.1) is 21.4 Å². The SMILES string of the molecule is COC(=O)c1cc([N+](=O)[O-])ccc1NCc1ccc(NC=C(C#N)c2nn[nH]n2)cc1. The number of carbonyl (C=O) groups is 1. The van der Waals surface area contributed by atoms with E-state index in [0.29, 0.717) is 12.2 Å². The second-order valence-electron chi connectivity index (χ2n) is 6.08. The smallest absolute Gasteiger partial charge is 0.340 e. The van der Waals surface area contributed by atoms with Crippen molar-refractivity contribution in [2.45, 2.75) is 6.54 Å². The molecular formula is C19H16N8O4. The van der Waals surface area contributed by atoms with E-state index in [1.807, 2.05) is 18.2 Å². The minimum absolute atomic E-state index is 0.0747. The summed E-state index contributed by atoms with van der Waals surface area (Å²) in [5, 5.41) is 39.4. The van der Waals surface area contributed by atoms with E-state index in [0.717, 1.165) is 11.3 Å². The zero-order valence-electron chi connectivity index (χ0n) is 16.2. The topological polar surface area (TPSA) is 172 Å². The molecule has 0 fully saturated rings. The van der Waals surface area contributed by atoms with E-state index in [4.69, 9.17) is 10.00 Å². The minimum atomic E-state index is -0.674. The van der Waals surface area contributed by atoms with Crippen LogP contribution in [0.4, 0.5) is 17.1 Å². The normalized spacial score (nSPS) is 10.8. The van der Waals surface area contributed by atoms with Gasteiger partial charge in [-0.1, -0.05) is 12.1 Å². The molecule has 3 aromatic rings. The maximum atomic E-state index is 12.0. The van der Waals surface area contributed by atoms with E-state index in [-0.39, 0.29) is 22.6 Å². The number of nitro benzene ring substituents is 1. The number of aromatic nitrogens is 4. The van der Waals surface area contributed by atoms with Gasteiger partial charge >= 0.3 is 5.97 Å². The summed E-state index contributed by atoms with van der Waals surface area (Å²) >= 11 is 0. The molecule has 0 radical (unpaired) electrons. The van der Waals surface area contributed by atoms with Gasteiger partial charge in [0.05, 0.1) is 17.6 Å². The lowest BCUT2D eigenvalue weighted by atomic mass is 10.1. The predicted molar refractivity (Wildman–Crippen MR) is 110 cm³/mol. The monoisotopic (exact) mass is 420 g/mol. The largest absolute Gasteiger partial charge is 0.465 e. The van der Waals surface area contributed by atoms with Crippen molar-refractivity contribution in [1.29, 1.82) is 5.26 Å². The molecule has 1 aromatic heterocycles.